The average molecular weight is 413 g/mol. The molecule has 0 aliphatic rings. The third kappa shape index (κ3) is 7.51. The molecule has 158 valence electrons. The molecule has 0 atom stereocenters. The fraction of sp³-hybridized carbons (Fsp3) is 0.500. The number of hydrogen-bond donors (Lipinski definition) is 0. The van der Waals surface area contributed by atoms with E-state index in [2.05, 4.69) is 77.0 Å². The van der Waals surface area contributed by atoms with Crippen molar-refractivity contribution in [2.75, 3.05) is 0 Å². The van der Waals surface area contributed by atoms with Crippen LogP contribution in [0.1, 0.15) is 76.7 Å². The second-order valence-corrected chi connectivity index (χ2v) is 8.09. The van der Waals surface area contributed by atoms with Crippen LogP contribution >= 0.6 is 0 Å². The number of para-hydroxylation sites is 2. The molecule has 0 amide bonds. The van der Waals surface area contributed by atoms with Crippen LogP contribution in [0, 0.1) is 0 Å². The summed E-state index contributed by atoms with van der Waals surface area (Å²) in [5.74, 6) is 0. The maximum absolute atomic E-state index is 2.45. The normalized spacial score (nSPS) is 10.9. The molecule has 0 N–H and O–H groups in total. The van der Waals surface area contributed by atoms with Crippen LogP contribution in [0.3, 0.4) is 0 Å². The molecule has 0 bridgehead atoms. The molecule has 1 aromatic heterocycles. The van der Waals surface area contributed by atoms with Gasteiger partial charge in [0.1, 0.15) is 6.54 Å². The van der Waals surface area contributed by atoms with Gasteiger partial charge in [-0.2, -0.15) is 0 Å². The van der Waals surface area contributed by atoms with E-state index in [1.807, 2.05) is 0 Å². The number of rotatable bonds is 13. The van der Waals surface area contributed by atoms with Gasteiger partial charge in [-0.3, -0.25) is 0 Å². The van der Waals surface area contributed by atoms with Gasteiger partial charge in [-0.1, -0.05) is 101 Å². The van der Waals surface area contributed by atoms with E-state index in [4.69, 9.17) is 0 Å². The summed E-state index contributed by atoms with van der Waals surface area (Å²) in [4.78, 5) is 0. The van der Waals surface area contributed by atoms with Crippen LogP contribution in [0.15, 0.2) is 60.9 Å². The van der Waals surface area contributed by atoms with Crippen molar-refractivity contribution >= 4 is 11.0 Å². The van der Waals surface area contributed by atoms with Crippen LogP contribution < -0.4 is 17.0 Å². The van der Waals surface area contributed by atoms with Crippen LogP contribution in [0.2, 0.25) is 0 Å². The number of fused-ring (bicyclic) bond motifs is 1. The summed E-state index contributed by atoms with van der Waals surface area (Å²) in [6.07, 6.45) is 16.2. The van der Waals surface area contributed by atoms with Gasteiger partial charge < -0.3 is 12.4 Å². The van der Waals surface area contributed by atoms with Crippen LogP contribution in [-0.4, -0.2) is 4.57 Å². The molecule has 0 saturated carbocycles. The van der Waals surface area contributed by atoms with E-state index >= 15 is 0 Å². The zero-order chi connectivity index (χ0) is 19.4. The number of unbranched alkanes of at least 4 members (excludes halogenated alkanes) is 9. The number of hydrogen-bond acceptors (Lipinski definition) is 0. The summed E-state index contributed by atoms with van der Waals surface area (Å²) in [7, 11) is 0. The first-order valence-corrected chi connectivity index (χ1v) is 11.4. The van der Waals surface area contributed by atoms with Crippen molar-refractivity contribution in [2.45, 2.75) is 84.2 Å². The number of halogens is 1. The fourth-order valence-corrected chi connectivity index (χ4v) is 4.10. The van der Waals surface area contributed by atoms with Gasteiger partial charge >= 0.3 is 0 Å². The lowest BCUT2D eigenvalue weighted by Gasteiger charge is -2.02. The topological polar surface area (TPSA) is 8.81 Å². The minimum absolute atomic E-state index is 0. The molecule has 0 unspecified atom stereocenters. The number of imidazole rings is 1. The third-order valence-corrected chi connectivity index (χ3v) is 5.73. The smallest absolute Gasteiger partial charge is 0.245 e. The van der Waals surface area contributed by atoms with Gasteiger partial charge in [-0.15, -0.1) is 0 Å². The summed E-state index contributed by atoms with van der Waals surface area (Å²) < 4.78 is 4.84. The predicted molar refractivity (Wildman–Crippen MR) is 120 cm³/mol. The van der Waals surface area contributed by atoms with Gasteiger partial charge in [0, 0.05) is 0 Å². The lowest BCUT2D eigenvalue weighted by atomic mass is 10.1. The van der Waals surface area contributed by atoms with Gasteiger partial charge in [-0.05, 0) is 30.5 Å². The Morgan fingerprint density at radius 1 is 0.690 bits per heavy atom. The van der Waals surface area contributed by atoms with Crippen LogP contribution in [-0.2, 0) is 13.1 Å². The van der Waals surface area contributed by atoms with E-state index in [1.54, 1.807) is 0 Å². The minimum Gasteiger partial charge on any atom is -1.00 e. The standard InChI is InChI=1S/C26H37N2.ClH/c1-2-3-4-5-6-7-8-9-10-16-21-27-23-28(22-24-17-12-11-13-18-24)26-20-15-14-19-25(26)27;/h11-15,17-20,23H,2-10,16,21-22H2,1H3;1H/q+1;/p-1. The molecule has 3 rings (SSSR count). The summed E-state index contributed by atoms with van der Waals surface area (Å²) in [6, 6.07) is 19.6. The molecule has 0 saturated heterocycles. The summed E-state index contributed by atoms with van der Waals surface area (Å²) in [5, 5.41) is 0. The molecule has 0 spiro atoms. The quantitative estimate of drug-likeness (QED) is 0.297. The molecule has 3 heteroatoms. The van der Waals surface area contributed by atoms with Gasteiger partial charge in [0.2, 0.25) is 6.33 Å². The predicted octanol–water partition coefficient (Wildman–Crippen LogP) is 3.90. The van der Waals surface area contributed by atoms with E-state index in [-0.39, 0.29) is 12.4 Å². The molecule has 3 aromatic rings. The molecule has 0 radical (unpaired) electrons. The summed E-state index contributed by atoms with van der Waals surface area (Å²) >= 11 is 0. The Bertz CT molecular complexity index is 810. The zero-order valence-corrected chi connectivity index (χ0v) is 18.8. The van der Waals surface area contributed by atoms with Crippen molar-refractivity contribution in [1.29, 1.82) is 0 Å². The molecule has 0 fully saturated rings. The van der Waals surface area contributed by atoms with Crippen LogP contribution in [0.5, 0.6) is 0 Å². The lowest BCUT2D eigenvalue weighted by molar-refractivity contribution is -0.663. The van der Waals surface area contributed by atoms with Crippen LogP contribution in [0.4, 0.5) is 0 Å². The number of nitrogens with zero attached hydrogens (tertiary/aromatic N) is 2. The molecular formula is C26H37ClN2. The number of benzene rings is 2. The fourth-order valence-electron chi connectivity index (χ4n) is 4.10. The summed E-state index contributed by atoms with van der Waals surface area (Å²) in [6.45, 7) is 4.35. The van der Waals surface area contributed by atoms with Crippen LogP contribution in [0.25, 0.3) is 11.0 Å². The van der Waals surface area contributed by atoms with Crippen molar-refractivity contribution < 1.29 is 17.0 Å². The number of aryl methyl sites for hydroxylation is 1. The molecular weight excluding hydrogens is 376 g/mol. The Labute approximate surface area is 183 Å². The van der Waals surface area contributed by atoms with E-state index in [0.29, 0.717) is 0 Å². The Hall–Kier alpha value is -1.80. The van der Waals surface area contributed by atoms with Crippen molar-refractivity contribution in [2.24, 2.45) is 0 Å². The maximum atomic E-state index is 2.45. The average Bonchev–Trinajstić information content (AvgIpc) is 3.08. The van der Waals surface area contributed by atoms with Gasteiger partial charge in [-0.25, -0.2) is 9.13 Å². The Morgan fingerprint density at radius 3 is 1.97 bits per heavy atom. The number of aromatic nitrogens is 2. The van der Waals surface area contributed by atoms with Gasteiger partial charge in [0.25, 0.3) is 0 Å². The van der Waals surface area contributed by atoms with E-state index in [1.165, 1.54) is 80.8 Å². The van der Waals surface area contributed by atoms with Crippen molar-refractivity contribution in [3.8, 4) is 0 Å². The third-order valence-electron chi connectivity index (χ3n) is 5.73. The zero-order valence-electron chi connectivity index (χ0n) is 18.0. The van der Waals surface area contributed by atoms with Crippen molar-refractivity contribution in [1.82, 2.24) is 4.57 Å². The first kappa shape index (κ1) is 23.5. The monoisotopic (exact) mass is 412 g/mol. The highest BCUT2D eigenvalue weighted by atomic mass is 35.5. The second kappa shape index (κ2) is 13.4. The molecule has 0 aliphatic carbocycles. The summed E-state index contributed by atoms with van der Waals surface area (Å²) in [5.41, 5.74) is 4.04. The second-order valence-electron chi connectivity index (χ2n) is 8.09. The van der Waals surface area contributed by atoms with Gasteiger partial charge in [0.05, 0.1) is 6.54 Å². The van der Waals surface area contributed by atoms with Gasteiger partial charge in [0.15, 0.2) is 11.0 Å². The largest absolute Gasteiger partial charge is 1.00 e. The Morgan fingerprint density at radius 2 is 1.28 bits per heavy atom. The highest BCUT2D eigenvalue weighted by Gasteiger charge is 2.14. The van der Waals surface area contributed by atoms with E-state index in [0.717, 1.165) is 13.1 Å². The maximum Gasteiger partial charge on any atom is 0.245 e. The van der Waals surface area contributed by atoms with Crippen molar-refractivity contribution in [3.05, 3.63) is 66.5 Å². The molecule has 2 nitrogen and oxygen atoms in total. The van der Waals surface area contributed by atoms with E-state index in [9.17, 15) is 0 Å². The molecule has 2 aromatic carbocycles. The highest BCUT2D eigenvalue weighted by molar-refractivity contribution is 5.71. The molecule has 1 heterocycles. The molecule has 0 aliphatic heterocycles. The highest BCUT2D eigenvalue weighted by Crippen LogP contribution is 2.15. The van der Waals surface area contributed by atoms with Crippen molar-refractivity contribution in [3.63, 3.8) is 0 Å². The molecule has 29 heavy (non-hydrogen) atoms. The SMILES string of the molecule is CCCCCCCCCCCCn1c[n+](Cc2ccccc2)c2ccccc21.[Cl-]. The Balaban J connectivity index is 0.00000300. The lowest BCUT2D eigenvalue weighted by Crippen LogP contribution is -3.00. The Kier molecular flexibility index (Phi) is 10.9. The van der Waals surface area contributed by atoms with E-state index < -0.39 is 0 Å². The minimum atomic E-state index is 0. The first-order chi connectivity index (χ1) is 13.9. The first-order valence-electron chi connectivity index (χ1n) is 11.4.